The van der Waals surface area contributed by atoms with Crippen molar-refractivity contribution in [3.8, 4) is 0 Å². The molecular formula is C33H34N2. The van der Waals surface area contributed by atoms with Crippen LogP contribution in [0.3, 0.4) is 0 Å². The van der Waals surface area contributed by atoms with Crippen LogP contribution in [0.15, 0.2) is 85.2 Å². The van der Waals surface area contributed by atoms with Crippen molar-refractivity contribution in [1.82, 2.24) is 4.98 Å². The van der Waals surface area contributed by atoms with Crippen molar-refractivity contribution in [3.63, 3.8) is 0 Å². The summed E-state index contributed by atoms with van der Waals surface area (Å²) in [4.78, 5) is 6.83. The van der Waals surface area contributed by atoms with Crippen molar-refractivity contribution in [2.24, 2.45) is 0 Å². The molecule has 0 saturated heterocycles. The molecule has 0 atom stereocenters. The van der Waals surface area contributed by atoms with Gasteiger partial charge in [0.25, 0.3) is 0 Å². The summed E-state index contributed by atoms with van der Waals surface area (Å²) in [5.41, 5.74) is 3.80. The van der Waals surface area contributed by atoms with Crippen molar-refractivity contribution in [3.05, 3.63) is 96.3 Å². The molecule has 0 spiro atoms. The summed E-state index contributed by atoms with van der Waals surface area (Å²) >= 11 is 0. The third-order valence-electron chi connectivity index (χ3n) is 6.98. The van der Waals surface area contributed by atoms with Crippen LogP contribution < -0.4 is 4.90 Å². The molecule has 2 heteroatoms. The van der Waals surface area contributed by atoms with E-state index in [1.54, 1.807) is 0 Å². The average Bonchev–Trinajstić information content (AvgIpc) is 2.91. The van der Waals surface area contributed by atoms with Gasteiger partial charge >= 0.3 is 0 Å². The summed E-state index contributed by atoms with van der Waals surface area (Å²) in [6.45, 7) is 6.81. The molecule has 0 fully saturated rings. The Morgan fingerprint density at radius 1 is 0.657 bits per heavy atom. The van der Waals surface area contributed by atoms with Gasteiger partial charge in [0.15, 0.2) is 0 Å². The van der Waals surface area contributed by atoms with E-state index in [4.69, 9.17) is 0 Å². The first-order valence-electron chi connectivity index (χ1n) is 13.0. The first kappa shape index (κ1) is 23.1. The molecule has 4 aromatic carbocycles. The van der Waals surface area contributed by atoms with E-state index in [0.29, 0.717) is 0 Å². The molecule has 0 N–H and O–H groups in total. The minimum Gasteiger partial charge on any atom is -0.372 e. The molecule has 0 saturated carbocycles. The number of nitrogens with zero attached hydrogens (tertiary/aromatic N) is 2. The normalized spacial score (nSPS) is 11.7. The predicted molar refractivity (Wildman–Crippen MR) is 154 cm³/mol. The molecule has 5 aromatic rings. The van der Waals surface area contributed by atoms with Crippen LogP contribution in [0.4, 0.5) is 5.69 Å². The van der Waals surface area contributed by atoms with Gasteiger partial charge in [-0.2, -0.15) is 0 Å². The largest absolute Gasteiger partial charge is 0.372 e. The van der Waals surface area contributed by atoms with Crippen LogP contribution in [-0.4, -0.2) is 18.1 Å². The lowest BCUT2D eigenvalue weighted by atomic mass is 9.97. The fourth-order valence-electron chi connectivity index (χ4n) is 4.99. The Morgan fingerprint density at radius 2 is 1.37 bits per heavy atom. The molecule has 35 heavy (non-hydrogen) atoms. The summed E-state index contributed by atoms with van der Waals surface area (Å²) in [6.07, 6.45) is 13.2. The van der Waals surface area contributed by atoms with Crippen molar-refractivity contribution in [1.29, 1.82) is 0 Å². The van der Waals surface area contributed by atoms with E-state index >= 15 is 0 Å². The number of pyridine rings is 1. The highest BCUT2D eigenvalue weighted by Gasteiger charge is 2.09. The van der Waals surface area contributed by atoms with Crippen LogP contribution in [0.1, 0.15) is 50.7 Å². The average molecular weight is 459 g/mol. The van der Waals surface area contributed by atoms with Crippen molar-refractivity contribution in [2.75, 3.05) is 18.0 Å². The van der Waals surface area contributed by atoms with Crippen molar-refractivity contribution in [2.45, 2.75) is 39.5 Å². The number of anilines is 1. The second-order valence-corrected chi connectivity index (χ2v) is 9.38. The van der Waals surface area contributed by atoms with Gasteiger partial charge in [-0.15, -0.1) is 0 Å². The van der Waals surface area contributed by atoms with E-state index in [-0.39, 0.29) is 0 Å². The zero-order valence-corrected chi connectivity index (χ0v) is 20.9. The molecule has 0 aliphatic rings. The Labute approximate surface area is 208 Å². The summed E-state index contributed by atoms with van der Waals surface area (Å²) in [6, 6.07) is 26.7. The first-order chi connectivity index (χ1) is 17.3. The molecule has 0 amide bonds. The minimum absolute atomic E-state index is 1.13. The Kier molecular flexibility index (Phi) is 7.09. The first-order valence-corrected chi connectivity index (χ1v) is 13.0. The van der Waals surface area contributed by atoms with E-state index < -0.39 is 0 Å². The van der Waals surface area contributed by atoms with Crippen LogP contribution in [0.2, 0.25) is 0 Å². The molecule has 1 aromatic heterocycles. The van der Waals surface area contributed by atoms with Gasteiger partial charge in [0.2, 0.25) is 0 Å². The quantitative estimate of drug-likeness (QED) is 0.162. The fourth-order valence-corrected chi connectivity index (χ4v) is 4.99. The van der Waals surface area contributed by atoms with Crippen molar-refractivity contribution >= 4 is 50.2 Å². The van der Waals surface area contributed by atoms with Gasteiger partial charge < -0.3 is 4.90 Å². The molecule has 0 radical (unpaired) electrons. The zero-order chi connectivity index (χ0) is 24.0. The molecule has 0 unspecified atom stereocenters. The highest BCUT2D eigenvalue weighted by atomic mass is 15.1. The van der Waals surface area contributed by atoms with Gasteiger partial charge in [0.1, 0.15) is 0 Å². The van der Waals surface area contributed by atoms with Crippen LogP contribution >= 0.6 is 0 Å². The molecule has 176 valence electrons. The standard InChI is InChI=1S/C33H34N2/c1-3-5-21-35(22-6-4-2)29-16-18-32-27(23-29)15-17-31-26(10-8-12-33(31)32)14-13-25-9-7-11-28-24-34-20-19-30(25)28/h7-20,23-24H,3-6,21-22H2,1-2H3. The topological polar surface area (TPSA) is 16.1 Å². The van der Waals surface area contributed by atoms with Gasteiger partial charge in [-0.1, -0.05) is 93.4 Å². The second-order valence-electron chi connectivity index (χ2n) is 9.38. The highest BCUT2D eigenvalue weighted by Crippen LogP contribution is 2.32. The van der Waals surface area contributed by atoms with Crippen LogP contribution in [0, 0.1) is 0 Å². The summed E-state index contributed by atoms with van der Waals surface area (Å²) in [5, 5.41) is 7.64. The maximum atomic E-state index is 4.26. The fraction of sp³-hybridized carbons (Fsp3) is 0.242. The van der Waals surface area contributed by atoms with E-state index in [9.17, 15) is 0 Å². The summed E-state index contributed by atoms with van der Waals surface area (Å²) < 4.78 is 0. The van der Waals surface area contributed by atoms with Gasteiger partial charge in [-0.3, -0.25) is 4.98 Å². The number of aromatic nitrogens is 1. The minimum atomic E-state index is 1.13. The molecule has 1 heterocycles. The number of hydrogen-bond donors (Lipinski definition) is 0. The molecule has 2 nitrogen and oxygen atoms in total. The lowest BCUT2D eigenvalue weighted by Gasteiger charge is -2.25. The monoisotopic (exact) mass is 458 g/mol. The zero-order valence-electron chi connectivity index (χ0n) is 20.9. The maximum Gasteiger partial charge on any atom is 0.0372 e. The van der Waals surface area contributed by atoms with Crippen LogP contribution in [-0.2, 0) is 0 Å². The summed E-state index contributed by atoms with van der Waals surface area (Å²) in [5.74, 6) is 0. The Hall–Kier alpha value is -3.65. The number of hydrogen-bond acceptors (Lipinski definition) is 2. The molecule has 0 aliphatic heterocycles. The van der Waals surface area contributed by atoms with Crippen LogP contribution in [0.25, 0.3) is 44.5 Å². The number of unbranched alkanes of at least 4 members (excludes halogenated alkanes) is 2. The molecule has 0 bridgehead atoms. The maximum absolute atomic E-state index is 4.26. The third kappa shape index (κ3) is 4.93. The van der Waals surface area contributed by atoms with Gasteiger partial charge in [-0.25, -0.2) is 0 Å². The smallest absolute Gasteiger partial charge is 0.0372 e. The van der Waals surface area contributed by atoms with E-state index in [1.165, 1.54) is 74.8 Å². The number of benzene rings is 4. The lowest BCUT2D eigenvalue weighted by Crippen LogP contribution is -2.25. The van der Waals surface area contributed by atoms with Gasteiger partial charge in [0.05, 0.1) is 0 Å². The Balaban J connectivity index is 1.51. The van der Waals surface area contributed by atoms with E-state index in [2.05, 4.69) is 109 Å². The number of rotatable bonds is 9. The lowest BCUT2D eigenvalue weighted by molar-refractivity contribution is 0.678. The van der Waals surface area contributed by atoms with E-state index in [1.807, 2.05) is 12.4 Å². The second kappa shape index (κ2) is 10.7. The highest BCUT2D eigenvalue weighted by molar-refractivity contribution is 6.11. The SMILES string of the molecule is CCCCN(CCCC)c1ccc2c(ccc3c(C=Cc4cccc5cnccc45)cccc32)c1. The molecule has 0 aliphatic carbocycles. The third-order valence-corrected chi connectivity index (χ3v) is 6.98. The molecule has 5 rings (SSSR count). The predicted octanol–water partition coefficient (Wildman–Crippen LogP) is 9.12. The van der Waals surface area contributed by atoms with Gasteiger partial charge in [0, 0.05) is 36.6 Å². The van der Waals surface area contributed by atoms with Crippen molar-refractivity contribution < 1.29 is 0 Å². The van der Waals surface area contributed by atoms with E-state index in [0.717, 1.165) is 13.1 Å². The Morgan fingerprint density at radius 3 is 2.14 bits per heavy atom. The Bertz CT molecular complexity index is 1470. The van der Waals surface area contributed by atoms with Crippen LogP contribution in [0.5, 0.6) is 0 Å². The van der Waals surface area contributed by atoms with Gasteiger partial charge in [-0.05, 0) is 69.1 Å². The number of fused-ring (bicyclic) bond motifs is 4. The molecular weight excluding hydrogens is 424 g/mol. The summed E-state index contributed by atoms with van der Waals surface area (Å²) in [7, 11) is 0.